The molecule has 0 saturated carbocycles. The van der Waals surface area contributed by atoms with E-state index < -0.39 is 0 Å². The van der Waals surface area contributed by atoms with Crippen LogP contribution in [0.1, 0.15) is 0 Å². The second-order valence-electron chi connectivity index (χ2n) is 1.34. The van der Waals surface area contributed by atoms with E-state index in [-0.39, 0.29) is 68.9 Å². The summed E-state index contributed by atoms with van der Waals surface area (Å²) in [4.78, 5) is 1.02. The van der Waals surface area contributed by atoms with Crippen LogP contribution in [0.5, 0.6) is 0 Å². The normalized spacial score (nSPS) is 7.62. The van der Waals surface area contributed by atoms with Crippen molar-refractivity contribution in [3.8, 4) is 0 Å². The molecule has 38 valence electrons. The molecular formula is C6H7CsS. The summed E-state index contributed by atoms with van der Waals surface area (Å²) >= 11 is 4.08. The number of hydrogen-bond donors (Lipinski definition) is 1. The van der Waals surface area contributed by atoms with E-state index in [9.17, 15) is 0 Å². The summed E-state index contributed by atoms with van der Waals surface area (Å²) in [5.74, 6) is 0. The Morgan fingerprint density at radius 1 is 1.00 bits per heavy atom. The van der Waals surface area contributed by atoms with Gasteiger partial charge < -0.3 is 0 Å². The van der Waals surface area contributed by atoms with Gasteiger partial charge in [0.2, 0.25) is 0 Å². The van der Waals surface area contributed by atoms with E-state index in [0.717, 1.165) is 4.90 Å². The summed E-state index contributed by atoms with van der Waals surface area (Å²) in [6.07, 6.45) is 0. The summed E-state index contributed by atoms with van der Waals surface area (Å²) < 4.78 is 0. The molecular weight excluding hydrogens is 237 g/mol. The Kier molecular flexibility index (Phi) is 6.51. The molecule has 0 saturated heterocycles. The van der Waals surface area contributed by atoms with E-state index in [1.54, 1.807) is 0 Å². The molecule has 1 aromatic rings. The van der Waals surface area contributed by atoms with E-state index in [4.69, 9.17) is 0 Å². The van der Waals surface area contributed by atoms with E-state index in [0.29, 0.717) is 0 Å². The fourth-order valence-corrected chi connectivity index (χ4v) is 0.600. The summed E-state index contributed by atoms with van der Waals surface area (Å²) in [5, 5.41) is 0. The van der Waals surface area contributed by atoms with Crippen LogP contribution in [0.25, 0.3) is 0 Å². The van der Waals surface area contributed by atoms with Gasteiger partial charge in [-0.2, -0.15) is 0 Å². The minimum absolute atomic E-state index is 0. The van der Waals surface area contributed by atoms with Crippen molar-refractivity contribution in [1.82, 2.24) is 0 Å². The van der Waals surface area contributed by atoms with Gasteiger partial charge in [0.05, 0.1) is 0 Å². The van der Waals surface area contributed by atoms with Gasteiger partial charge in [-0.05, 0) is 12.1 Å². The Morgan fingerprint density at radius 3 is 1.75 bits per heavy atom. The van der Waals surface area contributed by atoms with E-state index in [1.807, 2.05) is 30.3 Å². The van der Waals surface area contributed by atoms with Gasteiger partial charge in [0.15, 0.2) is 0 Å². The Morgan fingerprint density at radius 2 is 1.50 bits per heavy atom. The van der Waals surface area contributed by atoms with Crippen LogP contribution in [-0.4, -0.2) is 68.9 Å². The zero-order chi connectivity index (χ0) is 5.11. The predicted octanol–water partition coefficient (Wildman–Crippen LogP) is 1.33. The van der Waals surface area contributed by atoms with Crippen molar-refractivity contribution in [3.05, 3.63) is 30.3 Å². The molecule has 0 aliphatic heterocycles. The Balaban J connectivity index is 0.000000490. The van der Waals surface area contributed by atoms with Crippen molar-refractivity contribution in [2.45, 2.75) is 4.90 Å². The Labute approximate surface area is 114 Å². The van der Waals surface area contributed by atoms with Gasteiger partial charge in [-0.1, -0.05) is 18.2 Å². The number of hydrogen-bond acceptors (Lipinski definition) is 1. The Bertz CT molecular complexity index is 138. The van der Waals surface area contributed by atoms with Crippen molar-refractivity contribution >= 4 is 81.5 Å². The van der Waals surface area contributed by atoms with Gasteiger partial charge in [0, 0.05) is 4.90 Å². The van der Waals surface area contributed by atoms with E-state index in [2.05, 4.69) is 12.6 Å². The van der Waals surface area contributed by atoms with Crippen LogP contribution in [0.15, 0.2) is 35.2 Å². The summed E-state index contributed by atoms with van der Waals surface area (Å²) in [6.45, 7) is 0. The van der Waals surface area contributed by atoms with Gasteiger partial charge in [-0.15, -0.1) is 12.6 Å². The summed E-state index contributed by atoms with van der Waals surface area (Å²) in [5.41, 5.74) is 0. The molecule has 0 fully saturated rings. The van der Waals surface area contributed by atoms with Crippen molar-refractivity contribution in [1.29, 1.82) is 0 Å². The fourth-order valence-electron chi connectivity index (χ4n) is 0.428. The molecule has 0 radical (unpaired) electrons. The first-order valence-electron chi connectivity index (χ1n) is 2.13. The zero-order valence-corrected chi connectivity index (χ0v) is 4.73. The third kappa shape index (κ3) is 3.61. The van der Waals surface area contributed by atoms with E-state index >= 15 is 0 Å². The van der Waals surface area contributed by atoms with E-state index in [1.165, 1.54) is 0 Å². The second-order valence-corrected chi connectivity index (χ2v) is 1.85. The van der Waals surface area contributed by atoms with Crippen molar-refractivity contribution in [2.75, 3.05) is 0 Å². The van der Waals surface area contributed by atoms with Gasteiger partial charge >= 0.3 is 68.9 Å². The van der Waals surface area contributed by atoms with Crippen LogP contribution in [0, 0.1) is 0 Å². The molecule has 0 amide bonds. The molecule has 0 heterocycles. The first-order chi connectivity index (χ1) is 3.39. The third-order valence-corrected chi connectivity index (χ3v) is 1.05. The van der Waals surface area contributed by atoms with Crippen molar-refractivity contribution in [3.63, 3.8) is 0 Å². The monoisotopic (exact) mass is 244 g/mol. The minimum atomic E-state index is 0. The van der Waals surface area contributed by atoms with Crippen LogP contribution >= 0.6 is 12.6 Å². The molecule has 0 spiro atoms. The topological polar surface area (TPSA) is 0 Å². The number of benzene rings is 1. The summed E-state index contributed by atoms with van der Waals surface area (Å²) in [7, 11) is 0. The quantitative estimate of drug-likeness (QED) is 0.654. The van der Waals surface area contributed by atoms with Gasteiger partial charge in [0.1, 0.15) is 0 Å². The molecule has 0 aliphatic carbocycles. The van der Waals surface area contributed by atoms with Crippen LogP contribution in [0.2, 0.25) is 0 Å². The first-order valence-corrected chi connectivity index (χ1v) is 2.58. The fraction of sp³-hybridized carbons (Fsp3) is 0. The van der Waals surface area contributed by atoms with Crippen LogP contribution in [0.3, 0.4) is 0 Å². The maximum atomic E-state index is 4.08. The molecule has 0 unspecified atom stereocenters. The molecule has 1 rings (SSSR count). The molecule has 8 heavy (non-hydrogen) atoms. The van der Waals surface area contributed by atoms with Crippen molar-refractivity contribution in [2.24, 2.45) is 0 Å². The number of rotatable bonds is 0. The molecule has 0 atom stereocenters. The van der Waals surface area contributed by atoms with Crippen molar-refractivity contribution < 1.29 is 0 Å². The Hall–Kier alpha value is 1.62. The van der Waals surface area contributed by atoms with Crippen LogP contribution in [0.4, 0.5) is 0 Å². The van der Waals surface area contributed by atoms with Gasteiger partial charge in [-0.25, -0.2) is 0 Å². The maximum absolute atomic E-state index is 4.08. The third-order valence-electron chi connectivity index (χ3n) is 0.756. The predicted molar refractivity (Wildman–Crippen MR) is 40.8 cm³/mol. The average molecular weight is 244 g/mol. The molecule has 0 aromatic heterocycles. The summed E-state index contributed by atoms with van der Waals surface area (Å²) in [6, 6.07) is 9.79. The standard InChI is InChI=1S/C6H6S.Cs.H/c7-6-4-2-1-3-5-6;;/h1-5,7H;;. The molecule has 0 aliphatic rings. The molecule has 0 nitrogen and oxygen atoms in total. The van der Waals surface area contributed by atoms with Gasteiger partial charge in [-0.3, -0.25) is 0 Å². The van der Waals surface area contributed by atoms with Gasteiger partial charge in [0.25, 0.3) is 0 Å². The first kappa shape index (κ1) is 9.62. The molecule has 1 aromatic carbocycles. The number of thiol groups is 1. The second kappa shape index (κ2) is 5.41. The van der Waals surface area contributed by atoms with Crippen LogP contribution in [-0.2, 0) is 0 Å². The van der Waals surface area contributed by atoms with Crippen LogP contribution < -0.4 is 0 Å². The molecule has 0 N–H and O–H groups in total. The molecule has 2 heteroatoms. The zero-order valence-electron chi connectivity index (χ0n) is 3.83. The molecule has 0 bridgehead atoms. The SMILES string of the molecule is Sc1ccccc1.[CsH]. The average Bonchev–Trinajstić information content (AvgIpc) is 1.69.